The van der Waals surface area contributed by atoms with Gasteiger partial charge < -0.3 is 20.1 Å². The predicted octanol–water partition coefficient (Wildman–Crippen LogP) is 2.77. The van der Waals surface area contributed by atoms with Gasteiger partial charge in [0.2, 0.25) is 10.9 Å². The van der Waals surface area contributed by atoms with Gasteiger partial charge in [0.25, 0.3) is 5.91 Å². The zero-order valence-electron chi connectivity index (χ0n) is 16.1. The number of rotatable bonds is 9. The first kappa shape index (κ1) is 21.3. The number of anilines is 1. The SMILES string of the molecule is COc1ccc(CNC(=O)COCc2nnc(C(=O)Nc3cccc(F)c3)s2)cc1. The predicted molar refractivity (Wildman–Crippen MR) is 109 cm³/mol. The maximum Gasteiger partial charge on any atom is 0.286 e. The molecule has 0 radical (unpaired) electrons. The van der Waals surface area contributed by atoms with E-state index in [1.54, 1.807) is 13.2 Å². The van der Waals surface area contributed by atoms with Gasteiger partial charge in [-0.2, -0.15) is 0 Å². The van der Waals surface area contributed by atoms with E-state index in [1.807, 2.05) is 24.3 Å². The molecule has 0 bridgehead atoms. The average molecular weight is 430 g/mol. The summed E-state index contributed by atoms with van der Waals surface area (Å²) in [7, 11) is 1.59. The van der Waals surface area contributed by atoms with Crippen LogP contribution in [-0.4, -0.2) is 35.7 Å². The molecule has 10 heteroatoms. The molecule has 0 aliphatic heterocycles. The third-order valence-electron chi connectivity index (χ3n) is 3.85. The van der Waals surface area contributed by atoms with Crippen molar-refractivity contribution in [3.05, 3.63) is 69.9 Å². The average Bonchev–Trinajstić information content (AvgIpc) is 3.22. The van der Waals surface area contributed by atoms with E-state index in [2.05, 4.69) is 20.8 Å². The number of hydrogen-bond acceptors (Lipinski definition) is 7. The first-order valence-electron chi connectivity index (χ1n) is 8.90. The molecule has 3 aromatic rings. The molecular weight excluding hydrogens is 411 g/mol. The highest BCUT2D eigenvalue weighted by atomic mass is 32.1. The van der Waals surface area contributed by atoms with Crippen molar-refractivity contribution in [1.29, 1.82) is 0 Å². The van der Waals surface area contributed by atoms with E-state index < -0.39 is 11.7 Å². The quantitative estimate of drug-likeness (QED) is 0.541. The van der Waals surface area contributed by atoms with Gasteiger partial charge in [0.15, 0.2) is 0 Å². The minimum atomic E-state index is -0.499. The standard InChI is InChI=1S/C20H19FN4O4S/c1-28-16-7-5-13(6-8-16)10-22-17(26)11-29-12-18-24-25-20(30-18)19(27)23-15-4-2-3-14(21)9-15/h2-9H,10-12H2,1H3,(H,22,26)(H,23,27). The lowest BCUT2D eigenvalue weighted by molar-refractivity contribution is -0.126. The maximum atomic E-state index is 13.2. The van der Waals surface area contributed by atoms with Crippen molar-refractivity contribution >= 4 is 28.8 Å². The molecule has 0 aliphatic rings. The van der Waals surface area contributed by atoms with E-state index in [9.17, 15) is 14.0 Å². The molecule has 0 saturated heterocycles. The molecule has 8 nitrogen and oxygen atoms in total. The number of halogens is 1. The number of hydrogen-bond donors (Lipinski definition) is 2. The smallest absolute Gasteiger partial charge is 0.286 e. The van der Waals surface area contributed by atoms with Crippen molar-refractivity contribution in [2.45, 2.75) is 13.2 Å². The van der Waals surface area contributed by atoms with Gasteiger partial charge in [0.1, 0.15) is 29.8 Å². The van der Waals surface area contributed by atoms with Crippen LogP contribution in [0.5, 0.6) is 5.75 Å². The summed E-state index contributed by atoms with van der Waals surface area (Å²) in [6, 6.07) is 12.9. The minimum absolute atomic E-state index is 0.0425. The van der Waals surface area contributed by atoms with Gasteiger partial charge in [0.05, 0.1) is 7.11 Å². The molecule has 3 rings (SSSR count). The summed E-state index contributed by atoms with van der Waals surface area (Å²) in [6.45, 7) is 0.261. The normalized spacial score (nSPS) is 10.5. The molecule has 0 saturated carbocycles. The van der Waals surface area contributed by atoms with Crippen LogP contribution in [0.4, 0.5) is 10.1 Å². The van der Waals surface area contributed by atoms with Crippen LogP contribution in [0.25, 0.3) is 0 Å². The summed E-state index contributed by atoms with van der Waals surface area (Å²) in [5, 5.41) is 13.5. The van der Waals surface area contributed by atoms with Crippen molar-refractivity contribution in [3.8, 4) is 5.75 Å². The Morgan fingerprint density at radius 2 is 1.93 bits per heavy atom. The van der Waals surface area contributed by atoms with Crippen LogP contribution < -0.4 is 15.4 Å². The Kier molecular flexibility index (Phi) is 7.41. The Morgan fingerprint density at radius 1 is 1.13 bits per heavy atom. The van der Waals surface area contributed by atoms with Crippen molar-refractivity contribution in [2.24, 2.45) is 0 Å². The second kappa shape index (κ2) is 10.4. The fourth-order valence-electron chi connectivity index (χ4n) is 2.38. The molecule has 156 valence electrons. The van der Waals surface area contributed by atoms with Crippen LogP contribution in [0.1, 0.15) is 20.4 Å². The molecular formula is C20H19FN4O4S. The number of benzene rings is 2. The molecule has 0 unspecified atom stereocenters. The number of amides is 2. The van der Waals surface area contributed by atoms with Crippen molar-refractivity contribution < 1.29 is 23.5 Å². The third-order valence-corrected chi connectivity index (χ3v) is 4.75. The van der Waals surface area contributed by atoms with Crippen LogP contribution in [0.15, 0.2) is 48.5 Å². The molecule has 30 heavy (non-hydrogen) atoms. The van der Waals surface area contributed by atoms with E-state index in [1.165, 1.54) is 18.2 Å². The van der Waals surface area contributed by atoms with Crippen molar-refractivity contribution in [2.75, 3.05) is 19.0 Å². The third kappa shape index (κ3) is 6.33. The summed E-state index contributed by atoms with van der Waals surface area (Å²) >= 11 is 1.03. The Hall–Kier alpha value is -3.37. The highest BCUT2D eigenvalue weighted by molar-refractivity contribution is 7.13. The minimum Gasteiger partial charge on any atom is -0.497 e. The lowest BCUT2D eigenvalue weighted by Gasteiger charge is -2.06. The van der Waals surface area contributed by atoms with E-state index in [0.29, 0.717) is 17.2 Å². The number of carbonyl (C=O) groups is 2. The van der Waals surface area contributed by atoms with Gasteiger partial charge in [0, 0.05) is 12.2 Å². The molecule has 1 heterocycles. The molecule has 0 atom stereocenters. The summed E-state index contributed by atoms with van der Waals surface area (Å²) in [4.78, 5) is 24.0. The Bertz CT molecular complexity index is 1010. The first-order chi connectivity index (χ1) is 14.5. The summed E-state index contributed by atoms with van der Waals surface area (Å²) in [6.07, 6.45) is 0. The van der Waals surface area contributed by atoms with Gasteiger partial charge in [-0.15, -0.1) is 10.2 Å². The van der Waals surface area contributed by atoms with Crippen LogP contribution in [0, 0.1) is 5.82 Å². The number of carbonyl (C=O) groups excluding carboxylic acids is 2. The van der Waals surface area contributed by atoms with E-state index >= 15 is 0 Å². The first-order valence-corrected chi connectivity index (χ1v) is 9.72. The lowest BCUT2D eigenvalue weighted by atomic mass is 10.2. The van der Waals surface area contributed by atoms with Crippen LogP contribution in [0.2, 0.25) is 0 Å². The Balaban J connectivity index is 1.40. The number of nitrogens with zero attached hydrogens (tertiary/aromatic N) is 2. The zero-order valence-corrected chi connectivity index (χ0v) is 16.9. The molecule has 1 aromatic heterocycles. The van der Waals surface area contributed by atoms with E-state index in [4.69, 9.17) is 9.47 Å². The molecule has 0 aliphatic carbocycles. The molecule has 0 spiro atoms. The number of methoxy groups -OCH3 is 1. The van der Waals surface area contributed by atoms with Crippen LogP contribution in [0.3, 0.4) is 0 Å². The van der Waals surface area contributed by atoms with Gasteiger partial charge >= 0.3 is 0 Å². The van der Waals surface area contributed by atoms with Crippen LogP contribution >= 0.6 is 11.3 Å². The monoisotopic (exact) mass is 430 g/mol. The van der Waals surface area contributed by atoms with Gasteiger partial charge in [-0.1, -0.05) is 29.5 Å². The van der Waals surface area contributed by atoms with Crippen molar-refractivity contribution in [1.82, 2.24) is 15.5 Å². The number of aromatic nitrogens is 2. The summed E-state index contributed by atoms with van der Waals surface area (Å²) < 4.78 is 23.6. The Morgan fingerprint density at radius 3 is 2.67 bits per heavy atom. The maximum absolute atomic E-state index is 13.2. The zero-order chi connectivity index (χ0) is 21.3. The fourth-order valence-corrected chi connectivity index (χ4v) is 3.05. The lowest BCUT2D eigenvalue weighted by Crippen LogP contribution is -2.27. The van der Waals surface area contributed by atoms with Crippen LogP contribution in [-0.2, 0) is 22.7 Å². The highest BCUT2D eigenvalue weighted by Gasteiger charge is 2.14. The van der Waals surface area contributed by atoms with Gasteiger partial charge in [-0.05, 0) is 35.9 Å². The molecule has 2 aromatic carbocycles. The molecule has 2 N–H and O–H groups in total. The molecule has 0 fully saturated rings. The second-order valence-corrected chi connectivity index (χ2v) is 7.15. The van der Waals surface area contributed by atoms with Gasteiger partial charge in [-0.3, -0.25) is 9.59 Å². The van der Waals surface area contributed by atoms with E-state index in [0.717, 1.165) is 22.6 Å². The number of nitrogens with one attached hydrogen (secondary N) is 2. The van der Waals surface area contributed by atoms with Gasteiger partial charge in [-0.25, -0.2) is 4.39 Å². The van der Waals surface area contributed by atoms with E-state index in [-0.39, 0.29) is 24.1 Å². The molecule has 2 amide bonds. The topological polar surface area (TPSA) is 102 Å². The highest BCUT2D eigenvalue weighted by Crippen LogP contribution is 2.15. The Labute approximate surface area is 176 Å². The van der Waals surface area contributed by atoms with Crippen molar-refractivity contribution in [3.63, 3.8) is 0 Å². The summed E-state index contributed by atoms with van der Waals surface area (Å²) in [5.74, 6) is -0.486. The largest absolute Gasteiger partial charge is 0.497 e. The summed E-state index contributed by atoms with van der Waals surface area (Å²) in [5.41, 5.74) is 1.25. The number of ether oxygens (including phenoxy) is 2. The second-order valence-electron chi connectivity index (χ2n) is 6.08. The fraction of sp³-hybridized carbons (Fsp3) is 0.200.